The van der Waals surface area contributed by atoms with E-state index in [0.29, 0.717) is 11.1 Å². The number of nitro groups is 1. The Morgan fingerprint density at radius 1 is 0.862 bits per heavy atom. The highest BCUT2D eigenvalue weighted by Gasteiger charge is 2.15. The first-order valence-electron chi connectivity index (χ1n) is 8.65. The van der Waals surface area contributed by atoms with Crippen molar-refractivity contribution in [1.29, 1.82) is 0 Å². The molecule has 0 unspecified atom stereocenters. The van der Waals surface area contributed by atoms with Crippen molar-refractivity contribution in [3.8, 4) is 23.7 Å². The molecule has 0 aliphatic heterocycles. The van der Waals surface area contributed by atoms with Gasteiger partial charge >= 0.3 is 5.97 Å². The molecule has 5 heteroatoms. The lowest BCUT2D eigenvalue weighted by Crippen LogP contribution is -1.96. The molecule has 5 nitrogen and oxygen atoms in total. The number of rotatable bonds is 2. The summed E-state index contributed by atoms with van der Waals surface area (Å²) in [4.78, 5) is 21.9. The molecule has 0 radical (unpaired) electrons. The van der Waals surface area contributed by atoms with Crippen LogP contribution in [0.3, 0.4) is 0 Å². The molecule has 0 spiro atoms. The van der Waals surface area contributed by atoms with Crippen LogP contribution < -0.4 is 0 Å². The second-order valence-electron chi connectivity index (χ2n) is 6.19. The molecule has 29 heavy (non-hydrogen) atoms. The average Bonchev–Trinajstić information content (AvgIpc) is 2.72. The molecule has 3 aromatic rings. The van der Waals surface area contributed by atoms with E-state index < -0.39 is 10.9 Å². The maximum Gasteiger partial charge on any atom is 0.335 e. The van der Waals surface area contributed by atoms with Gasteiger partial charge in [0.05, 0.1) is 10.5 Å². The lowest BCUT2D eigenvalue weighted by molar-refractivity contribution is -0.385. The summed E-state index contributed by atoms with van der Waals surface area (Å²) in [5, 5.41) is 20.4. The van der Waals surface area contributed by atoms with Crippen LogP contribution in [-0.2, 0) is 0 Å². The van der Waals surface area contributed by atoms with Gasteiger partial charge in [-0.25, -0.2) is 4.79 Å². The van der Waals surface area contributed by atoms with Gasteiger partial charge in [0.25, 0.3) is 5.69 Å². The summed E-state index contributed by atoms with van der Waals surface area (Å²) in [6.07, 6.45) is 0. The van der Waals surface area contributed by atoms with E-state index in [4.69, 9.17) is 5.11 Å². The maximum atomic E-state index is 11.5. The SMILES string of the molecule is Cc1cc(C#Cc2ccc(C(=O)O)cc2)c([N+](=O)[O-])cc1C#Cc1ccccc1. The number of carboxylic acid groups (broad SMARTS) is 1. The van der Waals surface area contributed by atoms with Crippen molar-refractivity contribution in [2.75, 3.05) is 0 Å². The van der Waals surface area contributed by atoms with Crippen molar-refractivity contribution in [2.45, 2.75) is 6.92 Å². The summed E-state index contributed by atoms with van der Waals surface area (Å²) in [7, 11) is 0. The zero-order valence-corrected chi connectivity index (χ0v) is 15.5. The molecule has 0 aliphatic carbocycles. The third-order valence-electron chi connectivity index (χ3n) is 4.13. The van der Waals surface area contributed by atoms with Gasteiger partial charge in [0.2, 0.25) is 0 Å². The predicted octanol–water partition coefficient (Wildman–Crippen LogP) is 4.40. The highest BCUT2D eigenvalue weighted by Crippen LogP contribution is 2.22. The molecule has 0 aromatic heterocycles. The lowest BCUT2D eigenvalue weighted by atomic mass is 10.0. The van der Waals surface area contributed by atoms with E-state index in [1.165, 1.54) is 18.2 Å². The smallest absolute Gasteiger partial charge is 0.335 e. The number of hydrogen-bond donors (Lipinski definition) is 1. The summed E-state index contributed by atoms with van der Waals surface area (Å²) in [5.41, 5.74) is 3.04. The summed E-state index contributed by atoms with van der Waals surface area (Å²) < 4.78 is 0. The first-order valence-corrected chi connectivity index (χ1v) is 8.65. The zero-order valence-electron chi connectivity index (χ0n) is 15.5. The number of carbonyl (C=O) groups is 1. The average molecular weight is 381 g/mol. The van der Waals surface area contributed by atoms with Gasteiger partial charge in [-0.1, -0.05) is 41.9 Å². The van der Waals surface area contributed by atoms with E-state index in [1.807, 2.05) is 37.3 Å². The Bertz CT molecular complexity index is 1210. The Morgan fingerprint density at radius 3 is 2.03 bits per heavy atom. The molecule has 0 aliphatic rings. The van der Waals surface area contributed by atoms with E-state index >= 15 is 0 Å². The van der Waals surface area contributed by atoms with E-state index in [1.54, 1.807) is 18.2 Å². The van der Waals surface area contributed by atoms with Gasteiger partial charge in [0, 0.05) is 22.8 Å². The molecule has 1 N–H and O–H groups in total. The predicted molar refractivity (Wildman–Crippen MR) is 110 cm³/mol. The van der Waals surface area contributed by atoms with Crippen LogP contribution in [0.25, 0.3) is 0 Å². The highest BCUT2D eigenvalue weighted by atomic mass is 16.6. The highest BCUT2D eigenvalue weighted by molar-refractivity contribution is 5.87. The van der Waals surface area contributed by atoms with Crippen LogP contribution in [-0.4, -0.2) is 16.0 Å². The molecule has 0 amide bonds. The molecule has 0 saturated carbocycles. The van der Waals surface area contributed by atoms with Crippen LogP contribution in [0.4, 0.5) is 5.69 Å². The van der Waals surface area contributed by atoms with Crippen LogP contribution in [0.1, 0.15) is 38.2 Å². The van der Waals surface area contributed by atoms with Crippen molar-refractivity contribution >= 4 is 11.7 Å². The molecular formula is C24H15NO4. The third-order valence-corrected chi connectivity index (χ3v) is 4.13. The molecule has 0 atom stereocenters. The summed E-state index contributed by atoms with van der Waals surface area (Å²) in [6, 6.07) is 18.5. The largest absolute Gasteiger partial charge is 0.478 e. The Morgan fingerprint density at radius 2 is 1.45 bits per heavy atom. The van der Waals surface area contributed by atoms with Crippen molar-refractivity contribution in [2.24, 2.45) is 0 Å². The number of hydrogen-bond acceptors (Lipinski definition) is 3. The minimum Gasteiger partial charge on any atom is -0.478 e. The zero-order chi connectivity index (χ0) is 20.8. The Kier molecular flexibility index (Phi) is 5.73. The normalized spacial score (nSPS) is 9.55. The molecule has 3 aromatic carbocycles. The van der Waals surface area contributed by atoms with E-state index in [0.717, 1.165) is 11.1 Å². The number of carboxylic acids is 1. The number of aryl methyl sites for hydroxylation is 1. The van der Waals surface area contributed by atoms with Crippen molar-refractivity contribution < 1.29 is 14.8 Å². The molecule has 0 bridgehead atoms. The molecule has 3 rings (SSSR count). The topological polar surface area (TPSA) is 80.4 Å². The number of nitro benzene ring substituents is 1. The van der Waals surface area contributed by atoms with Crippen LogP contribution >= 0.6 is 0 Å². The monoisotopic (exact) mass is 381 g/mol. The summed E-state index contributed by atoms with van der Waals surface area (Å²) in [6.45, 7) is 1.82. The maximum absolute atomic E-state index is 11.5. The van der Waals surface area contributed by atoms with E-state index in [2.05, 4.69) is 23.7 Å². The fourth-order valence-electron chi connectivity index (χ4n) is 2.58. The summed E-state index contributed by atoms with van der Waals surface area (Å²) in [5.74, 6) is 10.6. The van der Waals surface area contributed by atoms with Gasteiger partial charge in [-0.05, 0) is 55.0 Å². The number of benzene rings is 3. The van der Waals surface area contributed by atoms with E-state index in [9.17, 15) is 14.9 Å². The Hall–Kier alpha value is -4.35. The fraction of sp³-hybridized carbons (Fsp3) is 0.0417. The van der Waals surface area contributed by atoms with Crippen molar-refractivity contribution in [1.82, 2.24) is 0 Å². The summed E-state index contributed by atoms with van der Waals surface area (Å²) >= 11 is 0. The van der Waals surface area contributed by atoms with Gasteiger partial charge < -0.3 is 5.11 Å². The Labute approximate surface area is 167 Å². The molecular weight excluding hydrogens is 366 g/mol. The third kappa shape index (κ3) is 4.88. The molecule has 0 heterocycles. The van der Waals surface area contributed by atoms with E-state index in [-0.39, 0.29) is 16.8 Å². The van der Waals surface area contributed by atoms with Crippen LogP contribution in [0.2, 0.25) is 0 Å². The van der Waals surface area contributed by atoms with Crippen LogP contribution in [0.15, 0.2) is 66.7 Å². The fourth-order valence-corrected chi connectivity index (χ4v) is 2.58. The van der Waals surface area contributed by atoms with Gasteiger partial charge in [-0.3, -0.25) is 10.1 Å². The van der Waals surface area contributed by atoms with Crippen LogP contribution in [0.5, 0.6) is 0 Å². The molecule has 0 fully saturated rings. The standard InChI is InChI=1S/C24H15NO4/c1-17-15-22(14-10-19-7-11-20(12-8-19)24(26)27)23(25(28)29)16-21(17)13-9-18-5-3-2-4-6-18/h2-8,11-12,15-16H,1H3,(H,26,27). The second kappa shape index (κ2) is 8.56. The van der Waals surface area contributed by atoms with Gasteiger partial charge in [0.1, 0.15) is 5.56 Å². The van der Waals surface area contributed by atoms with Gasteiger partial charge in [-0.2, -0.15) is 0 Å². The van der Waals surface area contributed by atoms with Gasteiger partial charge in [0.15, 0.2) is 0 Å². The number of aromatic carboxylic acids is 1. The molecule has 0 saturated heterocycles. The van der Waals surface area contributed by atoms with Crippen LogP contribution in [0, 0.1) is 40.7 Å². The second-order valence-corrected chi connectivity index (χ2v) is 6.19. The minimum atomic E-state index is -1.03. The van der Waals surface area contributed by atoms with Gasteiger partial charge in [-0.15, -0.1) is 0 Å². The Balaban J connectivity index is 1.96. The first kappa shape index (κ1) is 19.4. The molecule has 140 valence electrons. The van der Waals surface area contributed by atoms with Crippen molar-refractivity contribution in [3.05, 3.63) is 110 Å². The first-order chi connectivity index (χ1) is 13.9. The van der Waals surface area contributed by atoms with Crippen molar-refractivity contribution in [3.63, 3.8) is 0 Å². The number of nitrogens with zero attached hydrogens (tertiary/aromatic N) is 1. The minimum absolute atomic E-state index is 0.123. The lowest BCUT2D eigenvalue weighted by Gasteiger charge is -2.02. The quantitative estimate of drug-likeness (QED) is 0.405.